The fourth-order valence-electron chi connectivity index (χ4n) is 1.39. The van der Waals surface area contributed by atoms with Crippen molar-refractivity contribution in [2.24, 2.45) is 0 Å². The third-order valence-electron chi connectivity index (χ3n) is 2.25. The third-order valence-corrected chi connectivity index (χ3v) is 2.25. The molecule has 1 saturated heterocycles. The predicted molar refractivity (Wildman–Crippen MR) is 53.3 cm³/mol. The van der Waals surface area contributed by atoms with Gasteiger partial charge in [0.25, 0.3) is 5.69 Å². The lowest BCUT2D eigenvalue weighted by Crippen LogP contribution is -2.51. The first-order valence-corrected chi connectivity index (χ1v) is 4.57. The second-order valence-corrected chi connectivity index (χ2v) is 3.45. The number of hydrogen-bond acceptors (Lipinski definition) is 4. The van der Waals surface area contributed by atoms with Gasteiger partial charge in [0.15, 0.2) is 0 Å². The lowest BCUT2D eigenvalue weighted by molar-refractivity contribution is -0.385. The molecule has 0 aromatic heterocycles. The molecule has 0 aliphatic carbocycles. The number of non-ortho nitro benzene ring substituents is 1. The number of benzene rings is 1. The van der Waals surface area contributed by atoms with E-state index in [1.165, 1.54) is 12.1 Å². The lowest BCUT2D eigenvalue weighted by Gasteiger charge is -2.28. The highest BCUT2D eigenvalue weighted by Gasteiger charge is 2.17. The Kier molecular flexibility index (Phi) is 2.51. The Hall–Kier alpha value is -1.69. The number of anilines is 1. The highest BCUT2D eigenvalue weighted by Crippen LogP contribution is 2.20. The second-order valence-electron chi connectivity index (χ2n) is 3.45. The van der Waals surface area contributed by atoms with Gasteiger partial charge in [-0.1, -0.05) is 0 Å². The van der Waals surface area contributed by atoms with Crippen LogP contribution in [0, 0.1) is 15.9 Å². The van der Waals surface area contributed by atoms with Crippen LogP contribution in [0.4, 0.5) is 15.8 Å². The van der Waals surface area contributed by atoms with E-state index in [0.29, 0.717) is 5.69 Å². The van der Waals surface area contributed by atoms with Crippen molar-refractivity contribution in [3.8, 4) is 0 Å². The smallest absolute Gasteiger partial charge is 0.274 e. The number of hydrogen-bond donors (Lipinski definition) is 2. The minimum Gasteiger partial charge on any atom is -0.379 e. The maximum atomic E-state index is 13.0. The van der Waals surface area contributed by atoms with E-state index in [9.17, 15) is 14.5 Å². The largest absolute Gasteiger partial charge is 0.379 e. The zero-order valence-electron chi connectivity index (χ0n) is 7.87. The van der Waals surface area contributed by atoms with Gasteiger partial charge in [0.2, 0.25) is 0 Å². The van der Waals surface area contributed by atoms with Gasteiger partial charge < -0.3 is 10.6 Å². The van der Waals surface area contributed by atoms with Crippen LogP contribution in [0.1, 0.15) is 0 Å². The van der Waals surface area contributed by atoms with Gasteiger partial charge in [-0.15, -0.1) is 0 Å². The highest BCUT2D eigenvalue weighted by molar-refractivity contribution is 5.52. The summed E-state index contributed by atoms with van der Waals surface area (Å²) < 4.78 is 13.0. The monoisotopic (exact) mass is 211 g/mol. The van der Waals surface area contributed by atoms with Crippen LogP contribution in [0.5, 0.6) is 0 Å². The average molecular weight is 211 g/mol. The molecule has 0 saturated carbocycles. The van der Waals surface area contributed by atoms with Gasteiger partial charge in [-0.2, -0.15) is 0 Å². The van der Waals surface area contributed by atoms with Crippen LogP contribution in [0.2, 0.25) is 0 Å². The van der Waals surface area contributed by atoms with Crippen LogP contribution in [-0.2, 0) is 0 Å². The Morgan fingerprint density at radius 2 is 2.20 bits per heavy atom. The van der Waals surface area contributed by atoms with E-state index in [1.54, 1.807) is 0 Å². The van der Waals surface area contributed by atoms with Crippen molar-refractivity contribution >= 4 is 11.4 Å². The summed E-state index contributed by atoms with van der Waals surface area (Å²) in [5.41, 5.74) is 0.220. The summed E-state index contributed by atoms with van der Waals surface area (Å²) >= 11 is 0. The van der Waals surface area contributed by atoms with Crippen LogP contribution >= 0.6 is 0 Å². The number of nitro benzene ring substituents is 1. The van der Waals surface area contributed by atoms with Crippen molar-refractivity contribution in [3.05, 3.63) is 34.1 Å². The summed E-state index contributed by atoms with van der Waals surface area (Å²) in [6, 6.07) is 3.73. The molecule has 15 heavy (non-hydrogen) atoms. The Bertz CT molecular complexity index is 393. The molecule has 0 bridgehead atoms. The molecule has 0 radical (unpaired) electrons. The van der Waals surface area contributed by atoms with Crippen LogP contribution < -0.4 is 10.6 Å². The molecule has 6 heteroatoms. The number of nitrogens with one attached hydrogen (secondary N) is 2. The number of rotatable bonds is 3. The highest BCUT2D eigenvalue weighted by atomic mass is 19.1. The van der Waals surface area contributed by atoms with Crippen molar-refractivity contribution in [3.63, 3.8) is 0 Å². The zero-order valence-corrected chi connectivity index (χ0v) is 7.87. The SMILES string of the molecule is O=[N+]([O-])c1cc(F)cc(NC2CNC2)c1. The zero-order chi connectivity index (χ0) is 10.8. The number of halogens is 1. The summed E-state index contributed by atoms with van der Waals surface area (Å²) in [7, 11) is 0. The molecule has 0 unspecified atom stereocenters. The van der Waals surface area contributed by atoms with Crippen LogP contribution in [0.15, 0.2) is 18.2 Å². The summed E-state index contributed by atoms with van der Waals surface area (Å²) in [6.07, 6.45) is 0. The molecule has 2 rings (SSSR count). The molecule has 5 nitrogen and oxygen atoms in total. The van der Waals surface area contributed by atoms with E-state index in [-0.39, 0.29) is 11.7 Å². The fraction of sp³-hybridized carbons (Fsp3) is 0.333. The van der Waals surface area contributed by atoms with Gasteiger partial charge in [-0.05, 0) is 6.07 Å². The topological polar surface area (TPSA) is 67.2 Å². The van der Waals surface area contributed by atoms with E-state index in [1.807, 2.05) is 0 Å². The Balaban J connectivity index is 2.18. The molecular formula is C9H10FN3O2. The minimum absolute atomic E-state index is 0.228. The molecule has 1 aliphatic rings. The predicted octanol–water partition coefficient (Wildman–Crippen LogP) is 1.12. The molecule has 1 aliphatic heterocycles. The molecule has 1 aromatic carbocycles. The summed E-state index contributed by atoms with van der Waals surface area (Å²) in [5.74, 6) is -0.598. The molecule has 0 atom stereocenters. The van der Waals surface area contributed by atoms with Gasteiger partial charge in [0, 0.05) is 24.8 Å². The molecule has 1 heterocycles. The van der Waals surface area contributed by atoms with Crippen molar-refractivity contribution in [1.82, 2.24) is 5.32 Å². The summed E-state index contributed by atoms with van der Waals surface area (Å²) in [6.45, 7) is 1.59. The van der Waals surface area contributed by atoms with Gasteiger partial charge in [-0.3, -0.25) is 10.1 Å². The molecule has 2 N–H and O–H groups in total. The first-order chi connectivity index (χ1) is 7.15. The fourth-order valence-corrected chi connectivity index (χ4v) is 1.39. The normalized spacial score (nSPS) is 15.8. The Morgan fingerprint density at radius 1 is 1.47 bits per heavy atom. The van der Waals surface area contributed by atoms with E-state index >= 15 is 0 Å². The van der Waals surface area contributed by atoms with Crippen LogP contribution in [0.25, 0.3) is 0 Å². The van der Waals surface area contributed by atoms with Crippen molar-refractivity contribution < 1.29 is 9.31 Å². The van der Waals surface area contributed by atoms with Crippen molar-refractivity contribution in [2.75, 3.05) is 18.4 Å². The average Bonchev–Trinajstić information content (AvgIpc) is 2.10. The Labute approximate surface area is 85.4 Å². The number of nitro groups is 1. The van der Waals surface area contributed by atoms with Gasteiger partial charge in [0.05, 0.1) is 17.0 Å². The van der Waals surface area contributed by atoms with E-state index < -0.39 is 10.7 Å². The molecule has 0 spiro atoms. The summed E-state index contributed by atoms with van der Waals surface area (Å²) in [5, 5.41) is 16.5. The third kappa shape index (κ3) is 2.21. The van der Waals surface area contributed by atoms with E-state index in [2.05, 4.69) is 10.6 Å². The molecule has 0 amide bonds. The maximum Gasteiger partial charge on any atom is 0.274 e. The van der Waals surface area contributed by atoms with Gasteiger partial charge in [-0.25, -0.2) is 4.39 Å². The Morgan fingerprint density at radius 3 is 2.73 bits per heavy atom. The number of nitrogens with zero attached hydrogens (tertiary/aromatic N) is 1. The molecular weight excluding hydrogens is 201 g/mol. The second kappa shape index (κ2) is 3.82. The minimum atomic E-state index is -0.604. The first-order valence-electron chi connectivity index (χ1n) is 4.57. The molecule has 1 fully saturated rings. The van der Waals surface area contributed by atoms with Crippen LogP contribution in [0.3, 0.4) is 0 Å². The molecule has 1 aromatic rings. The summed E-state index contributed by atoms with van der Waals surface area (Å²) in [4.78, 5) is 9.87. The quantitative estimate of drug-likeness (QED) is 0.580. The van der Waals surface area contributed by atoms with Crippen molar-refractivity contribution in [2.45, 2.75) is 6.04 Å². The van der Waals surface area contributed by atoms with Crippen molar-refractivity contribution in [1.29, 1.82) is 0 Å². The molecule has 80 valence electrons. The van der Waals surface area contributed by atoms with E-state index in [0.717, 1.165) is 19.2 Å². The first kappa shape index (κ1) is 9.85. The lowest BCUT2D eigenvalue weighted by atomic mass is 10.1. The van der Waals surface area contributed by atoms with Gasteiger partial charge in [0.1, 0.15) is 5.82 Å². The van der Waals surface area contributed by atoms with Gasteiger partial charge >= 0.3 is 0 Å². The standard InChI is InChI=1S/C9H10FN3O2/c10-6-1-7(12-8-4-11-5-8)3-9(2-6)13(14)15/h1-3,8,11-12H,4-5H2. The maximum absolute atomic E-state index is 13.0. The van der Waals surface area contributed by atoms with E-state index in [4.69, 9.17) is 0 Å². The van der Waals surface area contributed by atoms with Crippen LogP contribution in [-0.4, -0.2) is 24.1 Å².